The first-order valence-corrected chi connectivity index (χ1v) is 7.90. The van der Waals surface area contributed by atoms with Gasteiger partial charge < -0.3 is 9.80 Å². The van der Waals surface area contributed by atoms with Crippen molar-refractivity contribution in [1.29, 1.82) is 0 Å². The maximum atomic E-state index is 12.6. The number of hydrogen-bond acceptors (Lipinski definition) is 4. The number of rotatable bonds is 3. The fourth-order valence-corrected chi connectivity index (χ4v) is 3.03. The lowest BCUT2D eigenvalue weighted by Gasteiger charge is -2.36. The first-order chi connectivity index (χ1) is 10.7. The quantitative estimate of drug-likeness (QED) is 0.871. The fourth-order valence-electron chi connectivity index (χ4n) is 3.03. The van der Waals surface area contributed by atoms with E-state index in [0.717, 1.165) is 43.5 Å². The molecular formula is C17H22N4O. The van der Waals surface area contributed by atoms with Crippen molar-refractivity contribution in [3.63, 3.8) is 0 Å². The average Bonchev–Trinajstić information content (AvgIpc) is 2.60. The Bertz CT molecular complexity index is 665. The maximum Gasteiger partial charge on any atom is 0.274 e. The highest BCUT2D eigenvalue weighted by Gasteiger charge is 2.26. The Kier molecular flexibility index (Phi) is 4.34. The van der Waals surface area contributed by atoms with Gasteiger partial charge >= 0.3 is 0 Å². The van der Waals surface area contributed by atoms with E-state index < -0.39 is 0 Å². The molecule has 0 spiro atoms. The number of hydrogen-bond donors (Lipinski definition) is 0. The number of amides is 1. The van der Waals surface area contributed by atoms with Gasteiger partial charge in [-0.05, 0) is 31.5 Å². The Hall–Kier alpha value is -2.01. The molecule has 1 aromatic heterocycles. The van der Waals surface area contributed by atoms with E-state index in [-0.39, 0.29) is 5.91 Å². The number of piperidine rings is 1. The molecule has 2 heterocycles. The summed E-state index contributed by atoms with van der Waals surface area (Å²) < 4.78 is 0. The first kappa shape index (κ1) is 14.9. The summed E-state index contributed by atoms with van der Waals surface area (Å²) in [6.07, 6.45) is 3.64. The summed E-state index contributed by atoms with van der Waals surface area (Å²) in [5.74, 6) is -0.0341. The molecule has 0 saturated carbocycles. The SMILES string of the molecule is CCN1CCC(N(C)C(=O)c2cnc3ccccc3n2)CC1. The third-order valence-corrected chi connectivity index (χ3v) is 4.54. The van der Waals surface area contributed by atoms with E-state index >= 15 is 0 Å². The van der Waals surface area contributed by atoms with Crippen molar-refractivity contribution in [2.45, 2.75) is 25.8 Å². The van der Waals surface area contributed by atoms with Crippen LogP contribution in [-0.2, 0) is 0 Å². The molecule has 0 aliphatic carbocycles. The fraction of sp³-hybridized carbons (Fsp3) is 0.471. The Labute approximate surface area is 131 Å². The Morgan fingerprint density at radius 1 is 1.27 bits per heavy atom. The number of likely N-dealkylation sites (tertiary alicyclic amines) is 1. The molecule has 0 N–H and O–H groups in total. The highest BCUT2D eigenvalue weighted by atomic mass is 16.2. The zero-order chi connectivity index (χ0) is 15.5. The van der Waals surface area contributed by atoms with Gasteiger partial charge in [0.2, 0.25) is 0 Å². The van der Waals surface area contributed by atoms with Crippen molar-refractivity contribution in [3.05, 3.63) is 36.2 Å². The van der Waals surface area contributed by atoms with Crippen LogP contribution >= 0.6 is 0 Å². The lowest BCUT2D eigenvalue weighted by molar-refractivity contribution is 0.0641. The molecule has 1 aromatic carbocycles. The lowest BCUT2D eigenvalue weighted by Crippen LogP contribution is -2.45. The topological polar surface area (TPSA) is 49.3 Å². The number of fused-ring (bicyclic) bond motifs is 1. The minimum atomic E-state index is -0.0341. The Morgan fingerprint density at radius 3 is 2.64 bits per heavy atom. The summed E-state index contributed by atoms with van der Waals surface area (Å²) in [6.45, 7) is 5.38. The second-order valence-corrected chi connectivity index (χ2v) is 5.83. The predicted molar refractivity (Wildman–Crippen MR) is 86.8 cm³/mol. The second-order valence-electron chi connectivity index (χ2n) is 5.83. The van der Waals surface area contributed by atoms with Crippen molar-refractivity contribution >= 4 is 16.9 Å². The highest BCUT2D eigenvalue weighted by molar-refractivity contribution is 5.93. The Morgan fingerprint density at radius 2 is 1.95 bits per heavy atom. The largest absolute Gasteiger partial charge is 0.337 e. The zero-order valence-electron chi connectivity index (χ0n) is 13.2. The predicted octanol–water partition coefficient (Wildman–Crippen LogP) is 2.19. The van der Waals surface area contributed by atoms with Crippen molar-refractivity contribution < 1.29 is 4.79 Å². The monoisotopic (exact) mass is 298 g/mol. The molecule has 1 aliphatic heterocycles. The number of benzene rings is 1. The molecule has 2 aromatic rings. The van der Waals surface area contributed by atoms with E-state index in [2.05, 4.69) is 21.8 Å². The van der Waals surface area contributed by atoms with Gasteiger partial charge in [-0.3, -0.25) is 9.78 Å². The van der Waals surface area contributed by atoms with Crippen molar-refractivity contribution in [3.8, 4) is 0 Å². The van der Waals surface area contributed by atoms with Crippen LogP contribution < -0.4 is 0 Å². The molecule has 1 fully saturated rings. The molecule has 116 valence electrons. The molecule has 1 amide bonds. The molecular weight excluding hydrogens is 276 g/mol. The van der Waals surface area contributed by atoms with Crippen LogP contribution in [0.25, 0.3) is 11.0 Å². The van der Waals surface area contributed by atoms with Crippen LogP contribution in [0.15, 0.2) is 30.5 Å². The van der Waals surface area contributed by atoms with Gasteiger partial charge in [-0.1, -0.05) is 19.1 Å². The molecule has 0 radical (unpaired) electrons. The lowest BCUT2D eigenvalue weighted by atomic mass is 10.0. The van der Waals surface area contributed by atoms with Gasteiger partial charge in [0.1, 0.15) is 5.69 Å². The molecule has 1 aliphatic rings. The van der Waals surface area contributed by atoms with Gasteiger partial charge in [0, 0.05) is 26.2 Å². The number of carbonyl (C=O) groups excluding carboxylic acids is 1. The van der Waals surface area contributed by atoms with Gasteiger partial charge in [0.05, 0.1) is 17.2 Å². The molecule has 0 bridgehead atoms. The third kappa shape index (κ3) is 2.95. The van der Waals surface area contributed by atoms with Crippen LogP contribution in [-0.4, -0.2) is 58.4 Å². The van der Waals surface area contributed by atoms with E-state index in [4.69, 9.17) is 0 Å². The first-order valence-electron chi connectivity index (χ1n) is 7.90. The van der Waals surface area contributed by atoms with Crippen molar-refractivity contribution in [2.75, 3.05) is 26.7 Å². The van der Waals surface area contributed by atoms with Crippen LogP contribution in [0.4, 0.5) is 0 Å². The van der Waals surface area contributed by atoms with Crippen molar-refractivity contribution in [2.24, 2.45) is 0 Å². The minimum Gasteiger partial charge on any atom is -0.337 e. The summed E-state index contributed by atoms with van der Waals surface area (Å²) in [5, 5.41) is 0. The van der Waals surface area contributed by atoms with Gasteiger partial charge in [-0.25, -0.2) is 4.98 Å². The third-order valence-electron chi connectivity index (χ3n) is 4.54. The second kappa shape index (κ2) is 6.40. The molecule has 5 heteroatoms. The van der Waals surface area contributed by atoms with Crippen molar-refractivity contribution in [1.82, 2.24) is 19.8 Å². The van der Waals surface area contributed by atoms with E-state index in [0.29, 0.717) is 11.7 Å². The van der Waals surface area contributed by atoms with Crippen LogP contribution in [0.2, 0.25) is 0 Å². The van der Waals surface area contributed by atoms with Crippen LogP contribution in [0.5, 0.6) is 0 Å². The highest BCUT2D eigenvalue weighted by Crippen LogP contribution is 2.17. The number of carbonyl (C=O) groups is 1. The normalized spacial score (nSPS) is 16.8. The molecule has 0 unspecified atom stereocenters. The molecule has 22 heavy (non-hydrogen) atoms. The zero-order valence-corrected chi connectivity index (χ0v) is 13.2. The number of nitrogens with zero attached hydrogens (tertiary/aromatic N) is 4. The summed E-state index contributed by atoms with van der Waals surface area (Å²) >= 11 is 0. The standard InChI is InChI=1S/C17H22N4O/c1-3-21-10-8-13(9-11-21)20(2)17(22)16-12-18-14-6-4-5-7-15(14)19-16/h4-7,12-13H,3,8-11H2,1-2H3. The van der Waals surface area contributed by atoms with Crippen LogP contribution in [0, 0.1) is 0 Å². The molecule has 0 atom stereocenters. The van der Waals surface area contributed by atoms with E-state index in [1.807, 2.05) is 36.2 Å². The minimum absolute atomic E-state index is 0.0341. The number of para-hydroxylation sites is 2. The number of aromatic nitrogens is 2. The maximum absolute atomic E-state index is 12.6. The average molecular weight is 298 g/mol. The van der Waals surface area contributed by atoms with Gasteiger partial charge in [-0.15, -0.1) is 0 Å². The van der Waals surface area contributed by atoms with E-state index in [1.165, 1.54) is 0 Å². The molecule has 1 saturated heterocycles. The Balaban J connectivity index is 1.74. The van der Waals surface area contributed by atoms with Crippen LogP contribution in [0.3, 0.4) is 0 Å². The van der Waals surface area contributed by atoms with Gasteiger partial charge in [-0.2, -0.15) is 0 Å². The molecule has 3 rings (SSSR count). The van der Waals surface area contributed by atoms with Gasteiger partial charge in [0.25, 0.3) is 5.91 Å². The molecule has 5 nitrogen and oxygen atoms in total. The summed E-state index contributed by atoms with van der Waals surface area (Å²) in [4.78, 5) is 25.7. The summed E-state index contributed by atoms with van der Waals surface area (Å²) in [5.41, 5.74) is 2.01. The summed E-state index contributed by atoms with van der Waals surface area (Å²) in [7, 11) is 1.88. The van der Waals surface area contributed by atoms with Gasteiger partial charge in [0.15, 0.2) is 0 Å². The van der Waals surface area contributed by atoms with E-state index in [1.54, 1.807) is 6.20 Å². The summed E-state index contributed by atoms with van der Waals surface area (Å²) in [6, 6.07) is 7.92. The smallest absolute Gasteiger partial charge is 0.274 e. The van der Waals surface area contributed by atoms with Crippen LogP contribution in [0.1, 0.15) is 30.3 Å². The van der Waals surface area contributed by atoms with E-state index in [9.17, 15) is 4.79 Å².